The van der Waals surface area contributed by atoms with Gasteiger partial charge in [0, 0.05) is 6.07 Å². The van der Waals surface area contributed by atoms with Crippen LogP contribution in [0.25, 0.3) is 0 Å². The number of benzene rings is 2. The Labute approximate surface area is 107 Å². The molecule has 0 spiro atoms. The topological polar surface area (TPSA) is 9.23 Å². The van der Waals surface area contributed by atoms with E-state index in [-0.39, 0.29) is 6.61 Å². The predicted molar refractivity (Wildman–Crippen MR) is 62.2 cm³/mol. The Morgan fingerprint density at radius 3 is 2.21 bits per heavy atom. The molecular formula is C14H10F4O. The lowest BCUT2D eigenvalue weighted by molar-refractivity contribution is -0.137. The van der Waals surface area contributed by atoms with Crippen LogP contribution in [0, 0.1) is 5.82 Å². The smallest absolute Gasteiger partial charge is 0.416 e. The summed E-state index contributed by atoms with van der Waals surface area (Å²) in [5, 5.41) is 0. The van der Waals surface area contributed by atoms with Gasteiger partial charge in [0.25, 0.3) is 0 Å². The molecule has 2 aromatic rings. The molecule has 0 aliphatic carbocycles. The predicted octanol–water partition coefficient (Wildman–Crippen LogP) is 4.42. The van der Waals surface area contributed by atoms with Crippen molar-refractivity contribution in [2.45, 2.75) is 12.8 Å². The van der Waals surface area contributed by atoms with Crippen LogP contribution in [-0.4, -0.2) is 0 Å². The molecule has 0 saturated carbocycles. The first-order chi connectivity index (χ1) is 8.95. The molecule has 0 bridgehead atoms. The van der Waals surface area contributed by atoms with Gasteiger partial charge < -0.3 is 4.74 Å². The van der Waals surface area contributed by atoms with Crippen LogP contribution in [0.5, 0.6) is 5.75 Å². The highest BCUT2D eigenvalue weighted by atomic mass is 19.4. The molecule has 0 amide bonds. The lowest BCUT2D eigenvalue weighted by Gasteiger charge is -2.09. The van der Waals surface area contributed by atoms with E-state index in [1.165, 1.54) is 30.3 Å². The second kappa shape index (κ2) is 5.30. The van der Waals surface area contributed by atoms with Crippen molar-refractivity contribution in [3.05, 3.63) is 65.5 Å². The standard InChI is InChI=1S/C14H10F4O/c15-12-2-1-3-13(8-12)19-9-10-4-6-11(7-5-10)14(16,17)18/h1-8H,9H2. The molecule has 100 valence electrons. The lowest BCUT2D eigenvalue weighted by Crippen LogP contribution is -2.05. The molecule has 0 atom stereocenters. The Morgan fingerprint density at radius 2 is 1.63 bits per heavy atom. The van der Waals surface area contributed by atoms with Crippen LogP contribution in [0.2, 0.25) is 0 Å². The molecule has 0 fully saturated rings. The maximum absolute atomic E-state index is 12.9. The van der Waals surface area contributed by atoms with Gasteiger partial charge in [-0.1, -0.05) is 18.2 Å². The van der Waals surface area contributed by atoms with Gasteiger partial charge in [0.2, 0.25) is 0 Å². The van der Waals surface area contributed by atoms with E-state index >= 15 is 0 Å². The summed E-state index contributed by atoms with van der Waals surface area (Å²) in [5.41, 5.74) is -0.126. The number of halogens is 4. The van der Waals surface area contributed by atoms with E-state index < -0.39 is 17.6 Å². The van der Waals surface area contributed by atoms with Gasteiger partial charge in [0.1, 0.15) is 18.2 Å². The Morgan fingerprint density at radius 1 is 0.947 bits per heavy atom. The number of rotatable bonds is 3. The van der Waals surface area contributed by atoms with E-state index in [2.05, 4.69) is 0 Å². The van der Waals surface area contributed by atoms with Gasteiger partial charge in [-0.15, -0.1) is 0 Å². The normalized spacial score (nSPS) is 11.4. The first-order valence-electron chi connectivity index (χ1n) is 5.50. The maximum atomic E-state index is 12.9. The number of alkyl halides is 3. The van der Waals surface area contributed by atoms with E-state index in [0.29, 0.717) is 11.3 Å². The monoisotopic (exact) mass is 270 g/mol. The van der Waals surface area contributed by atoms with E-state index in [1.807, 2.05) is 0 Å². The highest BCUT2D eigenvalue weighted by Crippen LogP contribution is 2.29. The maximum Gasteiger partial charge on any atom is 0.416 e. The van der Waals surface area contributed by atoms with Crippen LogP contribution in [0.3, 0.4) is 0 Å². The summed E-state index contributed by atoms with van der Waals surface area (Å²) in [5.74, 6) is -0.0928. The van der Waals surface area contributed by atoms with Crippen molar-refractivity contribution >= 4 is 0 Å². The summed E-state index contributed by atoms with van der Waals surface area (Å²) in [6.07, 6.45) is -4.35. The fourth-order valence-electron chi connectivity index (χ4n) is 1.51. The van der Waals surface area contributed by atoms with Gasteiger partial charge >= 0.3 is 6.18 Å². The van der Waals surface area contributed by atoms with Gasteiger partial charge in [0.15, 0.2) is 0 Å². The van der Waals surface area contributed by atoms with Crippen molar-refractivity contribution < 1.29 is 22.3 Å². The molecule has 0 N–H and O–H groups in total. The summed E-state index contributed by atoms with van der Waals surface area (Å²) in [7, 11) is 0. The Bertz CT molecular complexity index is 546. The van der Waals surface area contributed by atoms with E-state index in [0.717, 1.165) is 12.1 Å². The van der Waals surface area contributed by atoms with Crippen LogP contribution in [0.1, 0.15) is 11.1 Å². The minimum Gasteiger partial charge on any atom is -0.489 e. The van der Waals surface area contributed by atoms with Crippen molar-refractivity contribution in [2.24, 2.45) is 0 Å². The quantitative estimate of drug-likeness (QED) is 0.750. The van der Waals surface area contributed by atoms with E-state index in [1.54, 1.807) is 6.07 Å². The van der Waals surface area contributed by atoms with Crippen LogP contribution < -0.4 is 4.74 Å². The minimum atomic E-state index is -4.35. The molecule has 0 aliphatic rings. The molecule has 2 aromatic carbocycles. The third-order valence-corrected chi connectivity index (χ3v) is 2.48. The molecule has 0 aromatic heterocycles. The summed E-state index contributed by atoms with van der Waals surface area (Å²) in [4.78, 5) is 0. The Hall–Kier alpha value is -2.04. The molecular weight excluding hydrogens is 260 g/mol. The van der Waals surface area contributed by atoms with Crippen LogP contribution in [0.15, 0.2) is 48.5 Å². The summed E-state index contributed by atoms with van der Waals surface area (Å²) in [6.45, 7) is 0.0849. The van der Waals surface area contributed by atoms with Crippen molar-refractivity contribution in [1.29, 1.82) is 0 Å². The highest BCUT2D eigenvalue weighted by molar-refractivity contribution is 5.26. The van der Waals surface area contributed by atoms with Crippen molar-refractivity contribution in [3.63, 3.8) is 0 Å². The van der Waals surface area contributed by atoms with E-state index in [4.69, 9.17) is 4.74 Å². The molecule has 0 saturated heterocycles. The zero-order valence-corrected chi connectivity index (χ0v) is 9.75. The average molecular weight is 270 g/mol. The average Bonchev–Trinajstić information content (AvgIpc) is 2.36. The molecule has 1 nitrogen and oxygen atoms in total. The van der Waals surface area contributed by atoms with Crippen LogP contribution >= 0.6 is 0 Å². The van der Waals surface area contributed by atoms with Crippen LogP contribution in [0.4, 0.5) is 17.6 Å². The molecule has 19 heavy (non-hydrogen) atoms. The zero-order valence-electron chi connectivity index (χ0n) is 9.75. The minimum absolute atomic E-state index is 0.0849. The molecule has 0 unspecified atom stereocenters. The third-order valence-electron chi connectivity index (χ3n) is 2.48. The largest absolute Gasteiger partial charge is 0.489 e. The van der Waals surface area contributed by atoms with Gasteiger partial charge in [-0.25, -0.2) is 4.39 Å². The molecule has 0 heterocycles. The lowest BCUT2D eigenvalue weighted by atomic mass is 10.1. The van der Waals surface area contributed by atoms with Crippen molar-refractivity contribution in [1.82, 2.24) is 0 Å². The van der Waals surface area contributed by atoms with Crippen molar-refractivity contribution in [2.75, 3.05) is 0 Å². The fourth-order valence-corrected chi connectivity index (χ4v) is 1.51. The zero-order chi connectivity index (χ0) is 13.9. The van der Waals surface area contributed by atoms with Crippen LogP contribution in [-0.2, 0) is 12.8 Å². The SMILES string of the molecule is Fc1cccc(OCc2ccc(C(F)(F)F)cc2)c1. The van der Waals surface area contributed by atoms with Gasteiger partial charge in [0.05, 0.1) is 5.56 Å². The summed E-state index contributed by atoms with van der Waals surface area (Å²) >= 11 is 0. The Kier molecular flexibility index (Phi) is 3.74. The van der Waals surface area contributed by atoms with E-state index in [9.17, 15) is 17.6 Å². The number of hydrogen-bond donors (Lipinski definition) is 0. The van der Waals surface area contributed by atoms with Crippen molar-refractivity contribution in [3.8, 4) is 5.75 Å². The molecule has 5 heteroatoms. The summed E-state index contributed by atoms with van der Waals surface area (Å²) in [6, 6.07) is 10.2. The number of hydrogen-bond acceptors (Lipinski definition) is 1. The number of ether oxygens (including phenoxy) is 1. The van der Waals surface area contributed by atoms with Gasteiger partial charge in [-0.2, -0.15) is 13.2 Å². The molecule has 0 radical (unpaired) electrons. The van der Waals surface area contributed by atoms with Gasteiger partial charge in [-0.3, -0.25) is 0 Å². The first-order valence-corrected chi connectivity index (χ1v) is 5.50. The summed E-state index contributed by atoms with van der Waals surface area (Å²) < 4.78 is 55.2. The van der Waals surface area contributed by atoms with Gasteiger partial charge in [-0.05, 0) is 29.8 Å². The second-order valence-corrected chi connectivity index (χ2v) is 3.94. The fraction of sp³-hybridized carbons (Fsp3) is 0.143. The Balaban J connectivity index is 2.01. The molecule has 0 aliphatic heterocycles. The molecule has 2 rings (SSSR count). The third kappa shape index (κ3) is 3.71. The highest BCUT2D eigenvalue weighted by Gasteiger charge is 2.29. The second-order valence-electron chi connectivity index (χ2n) is 3.94. The first kappa shape index (κ1) is 13.4.